The van der Waals surface area contributed by atoms with Gasteiger partial charge in [-0.2, -0.15) is 0 Å². The smallest absolute Gasteiger partial charge is 0.255 e. The normalized spacial score (nSPS) is 10.5. The molecule has 0 bridgehead atoms. The van der Waals surface area contributed by atoms with Gasteiger partial charge in [0.25, 0.3) is 5.56 Å². The third-order valence-corrected chi connectivity index (χ3v) is 2.11. The van der Waals surface area contributed by atoms with Crippen LogP contribution >= 0.6 is 0 Å². The maximum atomic E-state index is 11.6. The molecule has 0 atom stereocenters. The highest BCUT2D eigenvalue weighted by Crippen LogP contribution is 2.00. The molecule has 1 rings (SSSR count). The minimum Gasteiger partial charge on any atom is -0.315 e. The molecule has 14 heavy (non-hydrogen) atoms. The molecule has 0 spiro atoms. The number of aromatic nitrogens is 2. The van der Waals surface area contributed by atoms with Gasteiger partial charge < -0.3 is 10.3 Å². The van der Waals surface area contributed by atoms with Gasteiger partial charge in [0, 0.05) is 18.7 Å². The summed E-state index contributed by atoms with van der Waals surface area (Å²) in [6.07, 6.45) is 1.82. The van der Waals surface area contributed by atoms with Crippen molar-refractivity contribution in [2.24, 2.45) is 0 Å². The van der Waals surface area contributed by atoms with Crippen LogP contribution in [0, 0.1) is 6.92 Å². The average molecular weight is 195 g/mol. The molecule has 0 aliphatic heterocycles. The highest BCUT2D eigenvalue weighted by atomic mass is 16.1. The summed E-state index contributed by atoms with van der Waals surface area (Å²) >= 11 is 0. The Morgan fingerprint density at radius 3 is 2.71 bits per heavy atom. The van der Waals surface area contributed by atoms with E-state index in [2.05, 4.69) is 22.2 Å². The van der Waals surface area contributed by atoms with Gasteiger partial charge in [0.05, 0.1) is 5.56 Å². The van der Waals surface area contributed by atoms with Crippen molar-refractivity contribution >= 4 is 0 Å². The molecule has 1 heterocycles. The molecule has 4 nitrogen and oxygen atoms in total. The Bertz CT molecular complexity index is 357. The summed E-state index contributed by atoms with van der Waals surface area (Å²) in [6, 6.07) is 0. The van der Waals surface area contributed by atoms with Gasteiger partial charge in [-0.05, 0) is 20.4 Å². The first kappa shape index (κ1) is 10.9. The van der Waals surface area contributed by atoms with Crippen LogP contribution in [0.15, 0.2) is 4.79 Å². The van der Waals surface area contributed by atoms with Crippen LogP contribution in [-0.4, -0.2) is 17.0 Å². The zero-order valence-electron chi connectivity index (χ0n) is 8.98. The Hall–Kier alpha value is -1.16. The first-order valence-electron chi connectivity index (χ1n) is 4.92. The lowest BCUT2D eigenvalue weighted by Crippen LogP contribution is -2.23. The third kappa shape index (κ3) is 2.42. The fourth-order valence-electron chi connectivity index (χ4n) is 1.41. The summed E-state index contributed by atoms with van der Waals surface area (Å²) in [7, 11) is 1.82. The predicted octanol–water partition coefficient (Wildman–Crippen LogP) is 0.750. The second-order valence-electron chi connectivity index (χ2n) is 3.36. The monoisotopic (exact) mass is 195 g/mol. The molecule has 0 saturated carbocycles. The summed E-state index contributed by atoms with van der Waals surface area (Å²) < 4.78 is 0. The lowest BCUT2D eigenvalue weighted by atomic mass is 10.2. The molecule has 0 aliphatic rings. The van der Waals surface area contributed by atoms with Crippen LogP contribution in [0.25, 0.3) is 0 Å². The first-order chi connectivity index (χ1) is 6.69. The van der Waals surface area contributed by atoms with E-state index in [1.54, 1.807) is 0 Å². The van der Waals surface area contributed by atoms with Gasteiger partial charge in [-0.1, -0.05) is 6.92 Å². The number of hydrogen-bond acceptors (Lipinski definition) is 3. The summed E-state index contributed by atoms with van der Waals surface area (Å²) in [5, 5.41) is 2.96. The fraction of sp³-hybridized carbons (Fsp3) is 0.600. The van der Waals surface area contributed by atoms with Crippen molar-refractivity contribution < 1.29 is 0 Å². The molecule has 0 amide bonds. The Morgan fingerprint density at radius 2 is 2.21 bits per heavy atom. The lowest BCUT2D eigenvalue weighted by Gasteiger charge is -2.05. The molecule has 2 N–H and O–H groups in total. The lowest BCUT2D eigenvalue weighted by molar-refractivity contribution is 0.755. The molecule has 1 aromatic heterocycles. The quantitative estimate of drug-likeness (QED) is 0.745. The second-order valence-corrected chi connectivity index (χ2v) is 3.36. The number of rotatable bonds is 4. The van der Waals surface area contributed by atoms with Crippen molar-refractivity contribution in [1.82, 2.24) is 15.3 Å². The highest BCUT2D eigenvalue weighted by molar-refractivity contribution is 5.16. The number of hydrogen-bond donors (Lipinski definition) is 2. The summed E-state index contributed by atoms with van der Waals surface area (Å²) in [4.78, 5) is 18.7. The van der Waals surface area contributed by atoms with Crippen molar-refractivity contribution in [2.45, 2.75) is 33.2 Å². The fourth-order valence-corrected chi connectivity index (χ4v) is 1.41. The number of nitrogens with one attached hydrogen (secondary N) is 2. The molecular weight excluding hydrogens is 178 g/mol. The maximum Gasteiger partial charge on any atom is 0.255 e. The SMILES string of the molecule is CCCc1nc(C)c(CNC)c(=O)[nH]1. The van der Waals surface area contributed by atoms with E-state index in [0.29, 0.717) is 6.54 Å². The van der Waals surface area contributed by atoms with Crippen LogP contribution in [-0.2, 0) is 13.0 Å². The van der Waals surface area contributed by atoms with E-state index in [9.17, 15) is 4.79 Å². The molecule has 0 unspecified atom stereocenters. The number of aromatic amines is 1. The van der Waals surface area contributed by atoms with Crippen LogP contribution in [0.3, 0.4) is 0 Å². The van der Waals surface area contributed by atoms with Crippen LogP contribution in [0.1, 0.15) is 30.4 Å². The van der Waals surface area contributed by atoms with Crippen molar-refractivity contribution in [3.05, 3.63) is 27.4 Å². The van der Waals surface area contributed by atoms with Crippen LogP contribution < -0.4 is 10.9 Å². The van der Waals surface area contributed by atoms with Gasteiger partial charge in [-0.25, -0.2) is 4.98 Å². The van der Waals surface area contributed by atoms with Gasteiger partial charge in [-0.15, -0.1) is 0 Å². The molecule has 1 aromatic rings. The average Bonchev–Trinajstić information content (AvgIpc) is 2.12. The second kappa shape index (κ2) is 4.91. The molecule has 0 fully saturated rings. The van der Waals surface area contributed by atoms with Gasteiger partial charge in [0.15, 0.2) is 0 Å². The minimum absolute atomic E-state index is 0.0182. The molecule has 78 valence electrons. The number of nitrogens with zero attached hydrogens (tertiary/aromatic N) is 1. The van der Waals surface area contributed by atoms with E-state index in [-0.39, 0.29) is 5.56 Å². The first-order valence-corrected chi connectivity index (χ1v) is 4.92. The van der Waals surface area contributed by atoms with E-state index in [1.807, 2.05) is 14.0 Å². The molecule has 0 radical (unpaired) electrons. The topological polar surface area (TPSA) is 57.8 Å². The van der Waals surface area contributed by atoms with E-state index >= 15 is 0 Å². The van der Waals surface area contributed by atoms with E-state index in [4.69, 9.17) is 0 Å². The zero-order chi connectivity index (χ0) is 10.6. The summed E-state index contributed by atoms with van der Waals surface area (Å²) in [5.74, 6) is 0.787. The van der Waals surface area contributed by atoms with Crippen molar-refractivity contribution in [3.63, 3.8) is 0 Å². The van der Waals surface area contributed by atoms with E-state index in [1.165, 1.54) is 0 Å². The zero-order valence-corrected chi connectivity index (χ0v) is 8.98. The van der Waals surface area contributed by atoms with E-state index < -0.39 is 0 Å². The molecule has 0 aliphatic carbocycles. The Kier molecular flexibility index (Phi) is 3.83. The van der Waals surface area contributed by atoms with Gasteiger partial charge in [0.1, 0.15) is 5.82 Å². The van der Waals surface area contributed by atoms with E-state index in [0.717, 1.165) is 29.9 Å². The van der Waals surface area contributed by atoms with Crippen LogP contribution in [0.5, 0.6) is 0 Å². The minimum atomic E-state index is -0.0182. The Morgan fingerprint density at radius 1 is 1.50 bits per heavy atom. The summed E-state index contributed by atoms with van der Waals surface area (Å²) in [5.41, 5.74) is 1.54. The summed E-state index contributed by atoms with van der Waals surface area (Å²) in [6.45, 7) is 4.51. The van der Waals surface area contributed by atoms with Gasteiger partial charge in [0.2, 0.25) is 0 Å². The standard InChI is InChI=1S/C10H17N3O/c1-4-5-9-12-7(2)8(6-11-3)10(14)13-9/h11H,4-6H2,1-3H3,(H,12,13,14). The van der Waals surface area contributed by atoms with Crippen molar-refractivity contribution in [1.29, 1.82) is 0 Å². The van der Waals surface area contributed by atoms with Gasteiger partial charge >= 0.3 is 0 Å². The molecule has 0 saturated heterocycles. The van der Waals surface area contributed by atoms with Crippen molar-refractivity contribution in [3.8, 4) is 0 Å². The molecule has 4 heteroatoms. The third-order valence-electron chi connectivity index (χ3n) is 2.11. The predicted molar refractivity (Wildman–Crippen MR) is 56.4 cm³/mol. The molecule has 0 aromatic carbocycles. The number of aryl methyl sites for hydroxylation is 2. The highest BCUT2D eigenvalue weighted by Gasteiger charge is 2.06. The van der Waals surface area contributed by atoms with Crippen molar-refractivity contribution in [2.75, 3.05) is 7.05 Å². The van der Waals surface area contributed by atoms with Crippen LogP contribution in [0.2, 0.25) is 0 Å². The number of H-pyrrole nitrogens is 1. The largest absolute Gasteiger partial charge is 0.315 e. The maximum absolute atomic E-state index is 11.6. The van der Waals surface area contributed by atoms with Gasteiger partial charge in [-0.3, -0.25) is 4.79 Å². The molecular formula is C10H17N3O. The Balaban J connectivity index is 3.05. The Labute approximate surface area is 83.8 Å². The van der Waals surface area contributed by atoms with Crippen LogP contribution in [0.4, 0.5) is 0 Å².